The monoisotopic (exact) mass is 516 g/mol. The number of benzene rings is 2. The Bertz CT molecular complexity index is 1340. The summed E-state index contributed by atoms with van der Waals surface area (Å²) in [5.41, 5.74) is 1.82. The molecule has 1 fully saturated rings. The summed E-state index contributed by atoms with van der Waals surface area (Å²) in [6.45, 7) is 6.18. The largest absolute Gasteiger partial charge is 0.416 e. The lowest BCUT2D eigenvalue weighted by molar-refractivity contribution is -0.138. The van der Waals surface area contributed by atoms with E-state index in [9.17, 15) is 18.0 Å². The summed E-state index contributed by atoms with van der Waals surface area (Å²) in [6, 6.07) is 8.56. The summed E-state index contributed by atoms with van der Waals surface area (Å²) in [5.74, 6) is 0.966. The molecule has 36 heavy (non-hydrogen) atoms. The fourth-order valence-corrected chi connectivity index (χ4v) is 5.96. The number of rotatable bonds is 5. The van der Waals surface area contributed by atoms with Gasteiger partial charge in [-0.25, -0.2) is 0 Å². The normalized spacial score (nSPS) is 21.8. The number of amides is 1. The van der Waals surface area contributed by atoms with Crippen LogP contribution >= 0.6 is 11.6 Å². The molecule has 2 heterocycles. The predicted molar refractivity (Wildman–Crippen MR) is 132 cm³/mol. The molecule has 9 heteroatoms. The zero-order chi connectivity index (χ0) is 26.0. The third kappa shape index (κ3) is 3.90. The predicted octanol–water partition coefficient (Wildman–Crippen LogP) is 6.57. The molecule has 190 valence electrons. The van der Waals surface area contributed by atoms with Gasteiger partial charge in [0.1, 0.15) is 12.2 Å². The zero-order valence-corrected chi connectivity index (χ0v) is 21.4. The standard InChI is InChI=1S/C27H28ClF3N4O/c1-15(2)18-7-19(26(10-16(3)11-26)25-33-32-14-34(25)4)9-20(8-18)35-13-22-21(24(35)36)5-17(12-28)6-23(22)27(29,30)31/h5-9,14-16H,10-13H2,1-4H3. The first-order valence-corrected chi connectivity index (χ1v) is 12.6. The molecular weight excluding hydrogens is 489 g/mol. The van der Waals surface area contributed by atoms with E-state index in [0.29, 0.717) is 11.6 Å². The van der Waals surface area contributed by atoms with Crippen LogP contribution in [0.5, 0.6) is 0 Å². The highest BCUT2D eigenvalue weighted by Gasteiger charge is 2.49. The molecule has 5 nitrogen and oxygen atoms in total. The Hall–Kier alpha value is -2.87. The Balaban J connectivity index is 1.64. The molecule has 1 aliphatic heterocycles. The van der Waals surface area contributed by atoms with E-state index in [1.54, 1.807) is 6.33 Å². The minimum Gasteiger partial charge on any atom is -0.320 e. The molecule has 3 aromatic rings. The van der Waals surface area contributed by atoms with Crippen LogP contribution in [0.2, 0.25) is 0 Å². The van der Waals surface area contributed by atoms with Gasteiger partial charge in [0.2, 0.25) is 0 Å². The molecule has 1 aromatic heterocycles. The van der Waals surface area contributed by atoms with Crippen molar-refractivity contribution in [3.63, 3.8) is 0 Å². The molecule has 5 rings (SSSR count). The van der Waals surface area contributed by atoms with Gasteiger partial charge in [0.15, 0.2) is 0 Å². The summed E-state index contributed by atoms with van der Waals surface area (Å²) in [5, 5.41) is 8.52. The van der Waals surface area contributed by atoms with Gasteiger partial charge in [-0.3, -0.25) is 4.79 Å². The number of hydrogen-bond acceptors (Lipinski definition) is 3. The van der Waals surface area contributed by atoms with E-state index in [-0.39, 0.29) is 40.4 Å². The number of alkyl halides is 4. The lowest BCUT2D eigenvalue weighted by atomic mass is 9.58. The van der Waals surface area contributed by atoms with Crippen LogP contribution < -0.4 is 4.90 Å². The van der Waals surface area contributed by atoms with Gasteiger partial charge in [-0.1, -0.05) is 26.8 Å². The van der Waals surface area contributed by atoms with Crippen LogP contribution in [0.15, 0.2) is 36.7 Å². The lowest BCUT2D eigenvalue weighted by Crippen LogP contribution is -2.43. The average Bonchev–Trinajstić information content (AvgIpc) is 3.38. The number of aromatic nitrogens is 3. The molecule has 2 aromatic carbocycles. The number of fused-ring (bicyclic) bond motifs is 1. The van der Waals surface area contributed by atoms with Crippen LogP contribution in [0, 0.1) is 5.92 Å². The van der Waals surface area contributed by atoms with Gasteiger partial charge in [0.05, 0.1) is 17.5 Å². The fourth-order valence-electron chi connectivity index (χ4n) is 5.80. The molecule has 0 radical (unpaired) electrons. The summed E-state index contributed by atoms with van der Waals surface area (Å²) in [7, 11) is 1.92. The van der Waals surface area contributed by atoms with E-state index in [2.05, 4.69) is 37.0 Å². The van der Waals surface area contributed by atoms with Crippen molar-refractivity contribution in [2.45, 2.75) is 63.5 Å². The number of aryl methyl sites for hydroxylation is 1. The smallest absolute Gasteiger partial charge is 0.320 e. The van der Waals surface area contributed by atoms with Gasteiger partial charge in [0, 0.05) is 24.2 Å². The van der Waals surface area contributed by atoms with Gasteiger partial charge in [-0.2, -0.15) is 13.2 Å². The van der Waals surface area contributed by atoms with E-state index in [1.165, 1.54) is 11.0 Å². The zero-order valence-electron chi connectivity index (χ0n) is 20.7. The van der Waals surface area contributed by atoms with Crippen LogP contribution in [-0.4, -0.2) is 20.7 Å². The minimum absolute atomic E-state index is 0.00172. The summed E-state index contributed by atoms with van der Waals surface area (Å²) >= 11 is 5.87. The van der Waals surface area contributed by atoms with E-state index < -0.39 is 17.6 Å². The second kappa shape index (κ2) is 8.61. The van der Waals surface area contributed by atoms with E-state index in [1.807, 2.05) is 23.7 Å². The quantitative estimate of drug-likeness (QED) is 0.360. The number of carbonyl (C=O) groups excluding carboxylic acids is 1. The van der Waals surface area contributed by atoms with Crippen LogP contribution in [0.25, 0.3) is 0 Å². The second-order valence-corrected chi connectivity index (χ2v) is 10.8. The van der Waals surface area contributed by atoms with Crippen molar-refractivity contribution >= 4 is 23.2 Å². The molecule has 0 saturated heterocycles. The molecule has 0 atom stereocenters. The maximum atomic E-state index is 13.9. The first-order chi connectivity index (χ1) is 16.9. The minimum atomic E-state index is -4.58. The van der Waals surface area contributed by atoms with E-state index >= 15 is 0 Å². The Kier molecular flexibility index (Phi) is 5.93. The lowest BCUT2D eigenvalue weighted by Gasteiger charge is -2.46. The highest BCUT2D eigenvalue weighted by molar-refractivity contribution is 6.17. The molecule has 0 bridgehead atoms. The molecule has 0 N–H and O–H groups in total. The third-order valence-corrected chi connectivity index (χ3v) is 7.87. The van der Waals surface area contributed by atoms with Crippen molar-refractivity contribution in [1.82, 2.24) is 14.8 Å². The van der Waals surface area contributed by atoms with Crippen molar-refractivity contribution in [2.24, 2.45) is 13.0 Å². The Morgan fingerprint density at radius 1 is 1.17 bits per heavy atom. The second-order valence-electron chi connectivity index (χ2n) is 10.5. The Morgan fingerprint density at radius 2 is 1.89 bits per heavy atom. The number of anilines is 1. The summed E-state index contributed by atoms with van der Waals surface area (Å²) in [6.07, 6.45) is -1.14. The van der Waals surface area contributed by atoms with Gasteiger partial charge >= 0.3 is 6.18 Å². The fraction of sp³-hybridized carbons (Fsp3) is 0.444. The Labute approximate surface area is 213 Å². The first kappa shape index (κ1) is 24.8. The average molecular weight is 517 g/mol. The molecular formula is C27H28ClF3N4O. The molecule has 1 saturated carbocycles. The number of halogens is 4. The summed E-state index contributed by atoms with van der Waals surface area (Å²) in [4.78, 5) is 15.0. The molecule has 2 aliphatic rings. The van der Waals surface area contributed by atoms with Crippen molar-refractivity contribution in [2.75, 3.05) is 4.90 Å². The molecule has 0 spiro atoms. The first-order valence-electron chi connectivity index (χ1n) is 12.1. The van der Waals surface area contributed by atoms with Crippen molar-refractivity contribution in [3.05, 3.63) is 75.9 Å². The maximum absolute atomic E-state index is 13.9. The van der Waals surface area contributed by atoms with Crippen molar-refractivity contribution in [1.29, 1.82) is 0 Å². The van der Waals surface area contributed by atoms with Gasteiger partial charge in [-0.15, -0.1) is 21.8 Å². The SMILES string of the molecule is CC1CC(c2cc(C(C)C)cc(N3Cc4c(cc(CCl)cc4C(F)(F)F)C3=O)c2)(c2nncn2C)C1. The highest BCUT2D eigenvalue weighted by atomic mass is 35.5. The summed E-state index contributed by atoms with van der Waals surface area (Å²) < 4.78 is 43.6. The van der Waals surface area contributed by atoms with E-state index in [0.717, 1.165) is 35.9 Å². The number of carbonyl (C=O) groups is 1. The molecule has 1 aliphatic carbocycles. The van der Waals surface area contributed by atoms with Gasteiger partial charge < -0.3 is 9.47 Å². The van der Waals surface area contributed by atoms with Crippen LogP contribution in [0.4, 0.5) is 18.9 Å². The number of nitrogens with zero attached hydrogens (tertiary/aromatic N) is 4. The van der Waals surface area contributed by atoms with Gasteiger partial charge in [-0.05, 0) is 71.2 Å². The van der Waals surface area contributed by atoms with E-state index in [4.69, 9.17) is 11.6 Å². The topological polar surface area (TPSA) is 51.0 Å². The van der Waals surface area contributed by atoms with Crippen molar-refractivity contribution < 1.29 is 18.0 Å². The Morgan fingerprint density at radius 3 is 2.44 bits per heavy atom. The molecule has 1 amide bonds. The highest BCUT2D eigenvalue weighted by Crippen LogP contribution is 2.52. The van der Waals surface area contributed by atoms with Crippen LogP contribution in [0.1, 0.15) is 83.5 Å². The molecule has 0 unspecified atom stereocenters. The van der Waals surface area contributed by atoms with Gasteiger partial charge in [0.25, 0.3) is 5.91 Å². The maximum Gasteiger partial charge on any atom is 0.416 e. The van der Waals surface area contributed by atoms with Crippen LogP contribution in [-0.2, 0) is 31.1 Å². The third-order valence-electron chi connectivity index (χ3n) is 7.57. The van der Waals surface area contributed by atoms with Crippen molar-refractivity contribution in [3.8, 4) is 0 Å². The number of hydrogen-bond donors (Lipinski definition) is 0. The van der Waals surface area contributed by atoms with Crippen LogP contribution in [0.3, 0.4) is 0 Å².